The number of amides is 2. The van der Waals surface area contributed by atoms with Gasteiger partial charge in [-0.1, -0.05) is 20.8 Å². The fourth-order valence-electron chi connectivity index (χ4n) is 3.47. The van der Waals surface area contributed by atoms with E-state index in [1.165, 1.54) is 6.42 Å². The number of hydrogen-bond acceptors (Lipinski definition) is 3. The van der Waals surface area contributed by atoms with Crippen LogP contribution in [0.2, 0.25) is 0 Å². The van der Waals surface area contributed by atoms with E-state index in [4.69, 9.17) is 0 Å². The zero-order valence-electron chi connectivity index (χ0n) is 13.6. The molecule has 2 amide bonds. The van der Waals surface area contributed by atoms with Crippen LogP contribution in [-0.4, -0.2) is 60.4 Å². The third-order valence-corrected chi connectivity index (χ3v) is 4.59. The van der Waals surface area contributed by atoms with E-state index in [-0.39, 0.29) is 17.7 Å². The first-order valence-corrected chi connectivity index (χ1v) is 8.30. The zero-order valence-corrected chi connectivity index (χ0v) is 13.6. The van der Waals surface area contributed by atoms with E-state index in [1.807, 2.05) is 4.90 Å². The molecule has 1 N–H and O–H groups in total. The van der Waals surface area contributed by atoms with Gasteiger partial charge in [-0.05, 0) is 31.8 Å². The van der Waals surface area contributed by atoms with Crippen LogP contribution in [0.4, 0.5) is 0 Å². The molecular weight excluding hydrogens is 266 g/mol. The first kappa shape index (κ1) is 16.3. The second kappa shape index (κ2) is 7.25. The largest absolute Gasteiger partial charge is 0.354 e. The van der Waals surface area contributed by atoms with Gasteiger partial charge in [-0.15, -0.1) is 0 Å². The van der Waals surface area contributed by atoms with Gasteiger partial charge in [0.1, 0.15) is 0 Å². The van der Waals surface area contributed by atoms with Crippen molar-refractivity contribution >= 4 is 11.8 Å². The van der Waals surface area contributed by atoms with Crippen LogP contribution in [0, 0.1) is 11.8 Å². The lowest BCUT2D eigenvalue weighted by atomic mass is 10.1. The summed E-state index contributed by atoms with van der Waals surface area (Å²) >= 11 is 0. The monoisotopic (exact) mass is 295 g/mol. The third-order valence-electron chi connectivity index (χ3n) is 4.59. The molecule has 0 aromatic heterocycles. The molecular formula is C16H29N3O2. The van der Waals surface area contributed by atoms with Crippen LogP contribution in [-0.2, 0) is 9.59 Å². The molecule has 0 aromatic rings. The molecule has 2 saturated heterocycles. The molecule has 21 heavy (non-hydrogen) atoms. The lowest BCUT2D eigenvalue weighted by Gasteiger charge is -2.23. The van der Waals surface area contributed by atoms with Gasteiger partial charge < -0.3 is 10.2 Å². The van der Waals surface area contributed by atoms with Gasteiger partial charge in [0.25, 0.3) is 0 Å². The Labute approximate surface area is 128 Å². The molecule has 2 rings (SSSR count). The number of nitrogens with zero attached hydrogens (tertiary/aromatic N) is 2. The minimum absolute atomic E-state index is 0.0533. The minimum Gasteiger partial charge on any atom is -0.354 e. The van der Waals surface area contributed by atoms with E-state index in [2.05, 4.69) is 31.0 Å². The molecule has 2 aliphatic heterocycles. The summed E-state index contributed by atoms with van der Waals surface area (Å²) < 4.78 is 0. The van der Waals surface area contributed by atoms with Crippen molar-refractivity contribution in [2.75, 3.05) is 32.7 Å². The quantitative estimate of drug-likeness (QED) is 0.798. The number of carbonyl (C=O) groups is 2. The van der Waals surface area contributed by atoms with E-state index >= 15 is 0 Å². The lowest BCUT2D eigenvalue weighted by molar-refractivity contribution is -0.129. The summed E-state index contributed by atoms with van der Waals surface area (Å²) in [6, 6.07) is 0.475. The van der Waals surface area contributed by atoms with Gasteiger partial charge in [0.2, 0.25) is 11.8 Å². The predicted molar refractivity (Wildman–Crippen MR) is 82.8 cm³/mol. The van der Waals surface area contributed by atoms with Crippen molar-refractivity contribution in [3.8, 4) is 0 Å². The predicted octanol–water partition coefficient (Wildman–Crippen LogP) is 1.09. The minimum atomic E-state index is -0.160. The van der Waals surface area contributed by atoms with Gasteiger partial charge in [0.15, 0.2) is 0 Å². The SMILES string of the molecule is CCN1CCC[C@H]1CNC(=O)[C@@H]1CC(=O)N(CC(C)C)C1. The van der Waals surface area contributed by atoms with Gasteiger partial charge in [-0.25, -0.2) is 0 Å². The van der Waals surface area contributed by atoms with Crippen LogP contribution in [0.1, 0.15) is 40.0 Å². The summed E-state index contributed by atoms with van der Waals surface area (Å²) in [5.41, 5.74) is 0. The van der Waals surface area contributed by atoms with E-state index in [0.29, 0.717) is 24.9 Å². The summed E-state index contributed by atoms with van der Waals surface area (Å²) in [6.45, 7) is 10.6. The lowest BCUT2D eigenvalue weighted by Crippen LogP contribution is -2.42. The molecule has 5 heteroatoms. The first-order chi connectivity index (χ1) is 10.0. The smallest absolute Gasteiger partial charge is 0.225 e. The Kier molecular flexibility index (Phi) is 5.62. The highest BCUT2D eigenvalue weighted by atomic mass is 16.2. The number of carbonyl (C=O) groups excluding carboxylic acids is 2. The van der Waals surface area contributed by atoms with Gasteiger partial charge in [0.05, 0.1) is 5.92 Å². The Hall–Kier alpha value is -1.10. The van der Waals surface area contributed by atoms with E-state index in [1.54, 1.807) is 0 Å². The molecule has 2 atom stereocenters. The Bertz CT molecular complexity index is 384. The molecule has 0 saturated carbocycles. The number of likely N-dealkylation sites (N-methyl/N-ethyl adjacent to an activating group) is 1. The van der Waals surface area contributed by atoms with Crippen LogP contribution < -0.4 is 5.32 Å². The van der Waals surface area contributed by atoms with Crippen LogP contribution in [0.5, 0.6) is 0 Å². The van der Waals surface area contributed by atoms with Crippen molar-refractivity contribution in [2.45, 2.75) is 46.1 Å². The molecule has 0 bridgehead atoms. The molecule has 2 fully saturated rings. The van der Waals surface area contributed by atoms with E-state index in [0.717, 1.165) is 32.6 Å². The number of hydrogen-bond donors (Lipinski definition) is 1. The first-order valence-electron chi connectivity index (χ1n) is 8.30. The molecule has 5 nitrogen and oxygen atoms in total. The van der Waals surface area contributed by atoms with Crippen molar-refractivity contribution in [2.24, 2.45) is 11.8 Å². The van der Waals surface area contributed by atoms with Gasteiger partial charge in [-0.3, -0.25) is 14.5 Å². The van der Waals surface area contributed by atoms with Crippen LogP contribution >= 0.6 is 0 Å². The number of nitrogens with one attached hydrogen (secondary N) is 1. The van der Waals surface area contributed by atoms with Gasteiger partial charge >= 0.3 is 0 Å². The Balaban J connectivity index is 1.78. The van der Waals surface area contributed by atoms with Crippen molar-refractivity contribution in [1.82, 2.24) is 15.1 Å². The van der Waals surface area contributed by atoms with E-state index < -0.39 is 0 Å². The Morgan fingerprint density at radius 2 is 2.19 bits per heavy atom. The Morgan fingerprint density at radius 1 is 1.43 bits per heavy atom. The fourth-order valence-corrected chi connectivity index (χ4v) is 3.47. The highest BCUT2D eigenvalue weighted by Crippen LogP contribution is 2.20. The average molecular weight is 295 g/mol. The number of likely N-dealkylation sites (tertiary alicyclic amines) is 2. The van der Waals surface area contributed by atoms with Crippen molar-refractivity contribution in [3.63, 3.8) is 0 Å². The number of rotatable bonds is 6. The van der Waals surface area contributed by atoms with Crippen molar-refractivity contribution < 1.29 is 9.59 Å². The molecule has 120 valence electrons. The molecule has 0 aromatic carbocycles. The average Bonchev–Trinajstić information content (AvgIpc) is 3.02. The maximum absolute atomic E-state index is 12.3. The summed E-state index contributed by atoms with van der Waals surface area (Å²) in [6.07, 6.45) is 2.76. The van der Waals surface area contributed by atoms with Gasteiger partial charge in [-0.2, -0.15) is 0 Å². The second-order valence-electron chi connectivity index (χ2n) is 6.76. The molecule has 0 unspecified atom stereocenters. The van der Waals surface area contributed by atoms with Crippen LogP contribution in [0.15, 0.2) is 0 Å². The van der Waals surface area contributed by atoms with Crippen LogP contribution in [0.25, 0.3) is 0 Å². The standard InChI is InChI=1S/C16H29N3O2/c1-4-18-7-5-6-14(18)9-17-16(21)13-8-15(20)19(11-13)10-12(2)3/h12-14H,4-11H2,1-3H3,(H,17,21)/t13-,14+/m1/s1. The molecule has 0 aliphatic carbocycles. The summed E-state index contributed by atoms with van der Waals surface area (Å²) in [4.78, 5) is 28.4. The Morgan fingerprint density at radius 3 is 2.86 bits per heavy atom. The van der Waals surface area contributed by atoms with E-state index in [9.17, 15) is 9.59 Å². The highest BCUT2D eigenvalue weighted by molar-refractivity contribution is 5.89. The maximum atomic E-state index is 12.3. The summed E-state index contributed by atoms with van der Waals surface area (Å²) in [7, 11) is 0. The second-order valence-corrected chi connectivity index (χ2v) is 6.76. The normalized spacial score (nSPS) is 26.9. The third kappa shape index (κ3) is 4.19. The molecule has 2 heterocycles. The maximum Gasteiger partial charge on any atom is 0.225 e. The topological polar surface area (TPSA) is 52.7 Å². The molecule has 0 radical (unpaired) electrons. The van der Waals surface area contributed by atoms with Crippen LogP contribution in [0.3, 0.4) is 0 Å². The summed E-state index contributed by atoms with van der Waals surface area (Å²) in [5.74, 6) is 0.470. The molecule has 2 aliphatic rings. The zero-order chi connectivity index (χ0) is 15.4. The van der Waals surface area contributed by atoms with Crippen molar-refractivity contribution in [3.05, 3.63) is 0 Å². The van der Waals surface area contributed by atoms with Crippen molar-refractivity contribution in [1.29, 1.82) is 0 Å². The fraction of sp³-hybridized carbons (Fsp3) is 0.875. The summed E-state index contributed by atoms with van der Waals surface area (Å²) in [5, 5.41) is 3.07. The van der Waals surface area contributed by atoms with Gasteiger partial charge in [0, 0.05) is 32.1 Å². The molecule has 0 spiro atoms. The highest BCUT2D eigenvalue weighted by Gasteiger charge is 2.34.